The number of hydrogen-bond donors (Lipinski definition) is 1. The topological polar surface area (TPSA) is 67.6 Å². The number of aromatic nitrogens is 1. The van der Waals surface area contributed by atoms with Crippen molar-refractivity contribution in [1.82, 2.24) is 9.47 Å². The third-order valence-electron chi connectivity index (χ3n) is 6.72. The summed E-state index contributed by atoms with van der Waals surface area (Å²) >= 11 is 6.25. The van der Waals surface area contributed by atoms with Crippen LogP contribution in [0.15, 0.2) is 71.5 Å². The molecule has 0 bridgehead atoms. The number of hydrogen-bond acceptors (Lipinski definition) is 4. The number of nitrogens with two attached hydrogens (primary N) is 1. The number of benzene rings is 2. The Morgan fingerprint density at radius 1 is 1.03 bits per heavy atom. The van der Waals surface area contributed by atoms with Gasteiger partial charge in [0, 0.05) is 35.3 Å². The monoisotopic (exact) mass is 432 g/mol. The van der Waals surface area contributed by atoms with Crippen LogP contribution in [0.3, 0.4) is 0 Å². The van der Waals surface area contributed by atoms with E-state index < -0.39 is 0 Å². The lowest BCUT2D eigenvalue weighted by Crippen LogP contribution is -2.59. The zero-order chi connectivity index (χ0) is 21.2. The van der Waals surface area contributed by atoms with Gasteiger partial charge in [0.25, 0.3) is 5.91 Å². The summed E-state index contributed by atoms with van der Waals surface area (Å²) in [4.78, 5) is 15.1. The number of carbonyl (C=O) groups is 1. The van der Waals surface area contributed by atoms with Gasteiger partial charge in [-0.05, 0) is 67.4 Å². The van der Waals surface area contributed by atoms with E-state index in [1.807, 2.05) is 58.4 Å². The summed E-state index contributed by atoms with van der Waals surface area (Å²) in [5, 5.41) is 3.50. The van der Waals surface area contributed by atoms with Crippen LogP contribution in [0.1, 0.15) is 28.9 Å². The Bertz CT molecular complexity index is 1320. The number of anilines is 1. The molecule has 2 aromatic heterocycles. The highest BCUT2D eigenvalue weighted by molar-refractivity contribution is 6.30. The van der Waals surface area contributed by atoms with Crippen LogP contribution in [0.2, 0.25) is 5.02 Å². The van der Waals surface area contributed by atoms with E-state index in [1.165, 1.54) is 0 Å². The average molecular weight is 433 g/mol. The van der Waals surface area contributed by atoms with Gasteiger partial charge >= 0.3 is 0 Å². The van der Waals surface area contributed by atoms with Gasteiger partial charge in [-0.25, -0.2) is 5.84 Å². The van der Waals surface area contributed by atoms with E-state index in [4.69, 9.17) is 21.9 Å². The quantitative estimate of drug-likeness (QED) is 0.442. The standard InChI is InChI=1S/C24H21ClN4O2/c25-18-4-5-19-20(15-18)28-10-1-2-22(28)24(29(19)26)8-11-27(12-9-24)23(30)17-3-6-21-16(14-17)7-13-31-21/h1-7,10,13-15H,8-9,11-12,26H2. The Hall–Kier alpha value is -3.22. The number of hydrazine groups is 1. The first-order chi connectivity index (χ1) is 15.1. The van der Waals surface area contributed by atoms with Crippen molar-refractivity contribution in [3.05, 3.63) is 83.3 Å². The molecule has 0 atom stereocenters. The number of halogens is 1. The molecule has 0 aliphatic carbocycles. The van der Waals surface area contributed by atoms with Crippen molar-refractivity contribution in [2.45, 2.75) is 18.4 Å². The van der Waals surface area contributed by atoms with Gasteiger partial charge in [0.2, 0.25) is 0 Å². The van der Waals surface area contributed by atoms with Gasteiger partial charge in [0.05, 0.1) is 28.9 Å². The summed E-state index contributed by atoms with van der Waals surface area (Å²) in [6.07, 6.45) is 5.18. The first kappa shape index (κ1) is 18.5. The fraction of sp³-hybridized carbons (Fsp3) is 0.208. The molecular weight excluding hydrogens is 412 g/mol. The van der Waals surface area contributed by atoms with Gasteiger partial charge in [0.1, 0.15) is 5.58 Å². The predicted octanol–water partition coefficient (Wildman–Crippen LogP) is 4.70. The minimum Gasteiger partial charge on any atom is -0.464 e. The van der Waals surface area contributed by atoms with Crippen LogP contribution < -0.4 is 10.9 Å². The first-order valence-electron chi connectivity index (χ1n) is 10.4. The van der Waals surface area contributed by atoms with Crippen molar-refractivity contribution in [2.75, 3.05) is 18.1 Å². The van der Waals surface area contributed by atoms with Crippen LogP contribution in [-0.4, -0.2) is 28.5 Å². The highest BCUT2D eigenvalue weighted by Gasteiger charge is 2.46. The second-order valence-electron chi connectivity index (χ2n) is 8.26. The van der Waals surface area contributed by atoms with Crippen LogP contribution in [0.25, 0.3) is 16.7 Å². The first-order valence-corrected chi connectivity index (χ1v) is 10.7. The smallest absolute Gasteiger partial charge is 0.253 e. The van der Waals surface area contributed by atoms with Crippen LogP contribution in [0.5, 0.6) is 0 Å². The maximum atomic E-state index is 13.2. The molecule has 1 fully saturated rings. The Kier molecular flexibility index (Phi) is 3.97. The maximum absolute atomic E-state index is 13.2. The van der Waals surface area contributed by atoms with Crippen molar-refractivity contribution >= 4 is 34.2 Å². The third-order valence-corrected chi connectivity index (χ3v) is 6.96. The zero-order valence-corrected chi connectivity index (χ0v) is 17.5. The molecule has 0 unspecified atom stereocenters. The number of piperidine rings is 1. The fourth-order valence-electron chi connectivity index (χ4n) is 5.08. The molecule has 6 nitrogen and oxygen atoms in total. The highest BCUT2D eigenvalue weighted by Crippen LogP contribution is 2.47. The molecule has 1 spiro atoms. The second-order valence-corrected chi connectivity index (χ2v) is 8.70. The number of fused-ring (bicyclic) bond motifs is 5. The summed E-state index contributed by atoms with van der Waals surface area (Å²) in [6.45, 7) is 1.26. The number of carbonyl (C=O) groups excluding carboxylic acids is 1. The van der Waals surface area contributed by atoms with E-state index >= 15 is 0 Å². The molecule has 31 heavy (non-hydrogen) atoms. The van der Waals surface area contributed by atoms with Crippen LogP contribution in [0, 0.1) is 0 Å². The molecule has 0 saturated carbocycles. The minimum atomic E-state index is -0.365. The molecule has 6 rings (SSSR count). The van der Waals surface area contributed by atoms with Gasteiger partial charge < -0.3 is 13.9 Å². The minimum absolute atomic E-state index is 0.0416. The maximum Gasteiger partial charge on any atom is 0.253 e. The summed E-state index contributed by atoms with van der Waals surface area (Å²) in [5.41, 5.74) is 4.16. The van der Waals surface area contributed by atoms with E-state index in [-0.39, 0.29) is 11.4 Å². The molecule has 7 heteroatoms. The van der Waals surface area contributed by atoms with Crippen molar-refractivity contribution in [3.63, 3.8) is 0 Å². The molecule has 1 saturated heterocycles. The third kappa shape index (κ3) is 2.65. The summed E-state index contributed by atoms with van der Waals surface area (Å²) in [6, 6.07) is 17.4. The van der Waals surface area contributed by atoms with Gasteiger partial charge in [-0.3, -0.25) is 9.80 Å². The fourth-order valence-corrected chi connectivity index (χ4v) is 5.24. The Morgan fingerprint density at radius 3 is 2.71 bits per heavy atom. The number of likely N-dealkylation sites (tertiary alicyclic amines) is 1. The summed E-state index contributed by atoms with van der Waals surface area (Å²) in [5.74, 6) is 6.77. The number of furan rings is 1. The molecule has 2 aromatic carbocycles. The van der Waals surface area contributed by atoms with Gasteiger partial charge in [0.15, 0.2) is 0 Å². The lowest BCUT2D eigenvalue weighted by atomic mass is 9.81. The van der Waals surface area contributed by atoms with Crippen LogP contribution >= 0.6 is 11.6 Å². The average Bonchev–Trinajstić information content (AvgIpc) is 3.47. The lowest BCUT2D eigenvalue weighted by molar-refractivity contribution is 0.0655. The Balaban J connectivity index is 1.31. The van der Waals surface area contributed by atoms with Crippen molar-refractivity contribution < 1.29 is 9.21 Å². The molecular formula is C24H21ClN4O2. The van der Waals surface area contributed by atoms with Crippen LogP contribution in [-0.2, 0) is 5.54 Å². The lowest BCUT2D eigenvalue weighted by Gasteiger charge is -2.51. The normalized spacial score (nSPS) is 17.1. The van der Waals surface area contributed by atoms with E-state index in [9.17, 15) is 4.79 Å². The molecule has 156 valence electrons. The van der Waals surface area contributed by atoms with Crippen molar-refractivity contribution in [3.8, 4) is 5.69 Å². The van der Waals surface area contributed by atoms with Crippen molar-refractivity contribution in [2.24, 2.45) is 5.84 Å². The Morgan fingerprint density at radius 2 is 1.87 bits per heavy atom. The molecule has 1 amide bonds. The highest BCUT2D eigenvalue weighted by atomic mass is 35.5. The van der Waals surface area contributed by atoms with E-state index in [1.54, 1.807) is 6.26 Å². The van der Waals surface area contributed by atoms with Gasteiger partial charge in [-0.2, -0.15) is 0 Å². The van der Waals surface area contributed by atoms with Crippen molar-refractivity contribution in [1.29, 1.82) is 0 Å². The molecule has 2 aliphatic rings. The van der Waals surface area contributed by atoms with E-state index in [0.29, 0.717) is 23.7 Å². The van der Waals surface area contributed by atoms with Crippen LogP contribution in [0.4, 0.5) is 5.69 Å². The Labute approximate surface area is 184 Å². The number of nitrogens with zero attached hydrogens (tertiary/aromatic N) is 3. The predicted molar refractivity (Wildman–Crippen MR) is 120 cm³/mol. The molecule has 4 aromatic rings. The molecule has 4 heterocycles. The SMILES string of the molecule is NN1c2ccc(Cl)cc2-n2cccc2C12CCN(C(=O)c1ccc3occc3c1)CC2. The molecule has 2 N–H and O–H groups in total. The summed E-state index contributed by atoms with van der Waals surface area (Å²) in [7, 11) is 0. The molecule has 0 radical (unpaired) electrons. The largest absolute Gasteiger partial charge is 0.464 e. The summed E-state index contributed by atoms with van der Waals surface area (Å²) < 4.78 is 7.57. The number of rotatable bonds is 1. The molecule has 2 aliphatic heterocycles. The van der Waals surface area contributed by atoms with Gasteiger partial charge in [-0.1, -0.05) is 11.6 Å². The zero-order valence-electron chi connectivity index (χ0n) is 16.8. The number of amides is 1. The van der Waals surface area contributed by atoms with Gasteiger partial charge in [-0.15, -0.1) is 0 Å². The van der Waals surface area contributed by atoms with E-state index in [0.717, 1.165) is 40.9 Å². The second kappa shape index (κ2) is 6.64. The van der Waals surface area contributed by atoms with E-state index in [2.05, 4.69) is 16.8 Å².